The minimum absolute atomic E-state index is 0.158. The molecule has 0 aliphatic carbocycles. The van der Waals surface area contributed by atoms with Crippen LogP contribution >= 0.6 is 0 Å². The largest absolute Gasteiger partial charge is 0.481 e. The van der Waals surface area contributed by atoms with Crippen LogP contribution in [0.1, 0.15) is 16.7 Å². The van der Waals surface area contributed by atoms with Gasteiger partial charge in [0.05, 0.1) is 11.8 Å². The van der Waals surface area contributed by atoms with Crippen molar-refractivity contribution in [2.24, 2.45) is 17.6 Å². The number of rotatable bonds is 9. The SMILES string of the molecule is NCc1ccc(-c2ccc(C[C@H](C(=O)O)[C@H](Cc3ccccc3)C(=O)O)cc2)cc1. The summed E-state index contributed by atoms with van der Waals surface area (Å²) < 4.78 is 0. The predicted octanol–water partition coefficient (Wildman–Crippen LogP) is 4.00. The molecule has 0 aliphatic heterocycles. The Balaban J connectivity index is 1.78. The van der Waals surface area contributed by atoms with Gasteiger partial charge in [-0.25, -0.2) is 0 Å². The molecular formula is C25H25NO4. The molecule has 0 aromatic heterocycles. The van der Waals surface area contributed by atoms with Crippen LogP contribution in [0.2, 0.25) is 0 Å². The molecule has 0 fully saturated rings. The summed E-state index contributed by atoms with van der Waals surface area (Å²) in [5.74, 6) is -4.21. The molecule has 0 amide bonds. The molecule has 3 aromatic carbocycles. The van der Waals surface area contributed by atoms with Gasteiger partial charge >= 0.3 is 11.9 Å². The van der Waals surface area contributed by atoms with Crippen molar-refractivity contribution in [3.63, 3.8) is 0 Å². The van der Waals surface area contributed by atoms with Gasteiger partial charge in [-0.15, -0.1) is 0 Å². The number of carboxylic acids is 2. The maximum Gasteiger partial charge on any atom is 0.307 e. The first-order valence-electron chi connectivity index (χ1n) is 9.85. The highest BCUT2D eigenvalue weighted by molar-refractivity contribution is 5.80. The minimum Gasteiger partial charge on any atom is -0.481 e. The van der Waals surface area contributed by atoms with Gasteiger partial charge in [-0.05, 0) is 40.7 Å². The van der Waals surface area contributed by atoms with Crippen molar-refractivity contribution in [1.82, 2.24) is 0 Å². The predicted molar refractivity (Wildman–Crippen MR) is 116 cm³/mol. The van der Waals surface area contributed by atoms with E-state index in [-0.39, 0.29) is 12.8 Å². The first kappa shape index (κ1) is 21.3. The highest BCUT2D eigenvalue weighted by Gasteiger charge is 2.34. The van der Waals surface area contributed by atoms with E-state index in [4.69, 9.17) is 5.73 Å². The smallest absolute Gasteiger partial charge is 0.307 e. The van der Waals surface area contributed by atoms with Gasteiger partial charge in [-0.1, -0.05) is 78.9 Å². The molecule has 5 heteroatoms. The van der Waals surface area contributed by atoms with Crippen LogP contribution in [0.25, 0.3) is 11.1 Å². The summed E-state index contributed by atoms with van der Waals surface area (Å²) in [5, 5.41) is 19.4. The lowest BCUT2D eigenvalue weighted by atomic mass is 9.82. The molecule has 5 nitrogen and oxygen atoms in total. The Morgan fingerprint density at radius 1 is 0.633 bits per heavy atom. The maximum atomic E-state index is 11.9. The summed E-state index contributed by atoms with van der Waals surface area (Å²) in [4.78, 5) is 23.8. The molecule has 3 aromatic rings. The van der Waals surface area contributed by atoms with Crippen molar-refractivity contribution in [2.75, 3.05) is 0 Å². The Morgan fingerprint density at radius 2 is 1.03 bits per heavy atom. The summed E-state index contributed by atoms with van der Waals surface area (Å²) >= 11 is 0. The summed E-state index contributed by atoms with van der Waals surface area (Å²) in [6, 6.07) is 24.7. The van der Waals surface area contributed by atoms with Gasteiger partial charge in [0.1, 0.15) is 0 Å². The number of aliphatic carboxylic acids is 2. The molecule has 0 aliphatic rings. The van der Waals surface area contributed by atoms with Crippen molar-refractivity contribution in [2.45, 2.75) is 19.4 Å². The molecule has 0 spiro atoms. The molecule has 3 rings (SSSR count). The third-order valence-electron chi connectivity index (χ3n) is 5.35. The van der Waals surface area contributed by atoms with E-state index in [2.05, 4.69) is 0 Å². The summed E-state index contributed by atoms with van der Waals surface area (Å²) in [7, 11) is 0. The fourth-order valence-corrected chi connectivity index (χ4v) is 3.59. The Labute approximate surface area is 175 Å². The van der Waals surface area contributed by atoms with E-state index < -0.39 is 23.8 Å². The molecule has 154 valence electrons. The zero-order valence-corrected chi connectivity index (χ0v) is 16.6. The van der Waals surface area contributed by atoms with Gasteiger partial charge in [-0.2, -0.15) is 0 Å². The van der Waals surface area contributed by atoms with Crippen molar-refractivity contribution < 1.29 is 19.8 Å². The first-order chi connectivity index (χ1) is 14.5. The zero-order chi connectivity index (χ0) is 21.5. The molecule has 0 unspecified atom stereocenters. The Hall–Kier alpha value is -3.44. The molecule has 4 N–H and O–H groups in total. The van der Waals surface area contributed by atoms with Crippen LogP contribution in [-0.2, 0) is 29.0 Å². The van der Waals surface area contributed by atoms with Gasteiger partial charge in [0, 0.05) is 6.54 Å². The van der Waals surface area contributed by atoms with Crippen molar-refractivity contribution in [3.05, 3.63) is 95.6 Å². The molecule has 0 bridgehead atoms. The van der Waals surface area contributed by atoms with Crippen molar-refractivity contribution >= 4 is 11.9 Å². The van der Waals surface area contributed by atoms with E-state index in [1.54, 1.807) is 0 Å². The topological polar surface area (TPSA) is 101 Å². The average Bonchev–Trinajstić information content (AvgIpc) is 2.77. The first-order valence-corrected chi connectivity index (χ1v) is 9.85. The molecule has 0 saturated heterocycles. The normalized spacial score (nSPS) is 12.8. The molecule has 2 atom stereocenters. The number of benzene rings is 3. The van der Waals surface area contributed by atoms with Crippen LogP contribution in [0, 0.1) is 11.8 Å². The van der Waals surface area contributed by atoms with E-state index in [0.29, 0.717) is 6.54 Å². The van der Waals surface area contributed by atoms with Crippen LogP contribution in [0.3, 0.4) is 0 Å². The van der Waals surface area contributed by atoms with Crippen LogP contribution in [0.4, 0.5) is 0 Å². The highest BCUT2D eigenvalue weighted by Crippen LogP contribution is 2.25. The van der Waals surface area contributed by atoms with E-state index in [1.165, 1.54) is 0 Å². The third-order valence-corrected chi connectivity index (χ3v) is 5.35. The molecule has 0 heterocycles. The van der Waals surface area contributed by atoms with Crippen LogP contribution < -0.4 is 5.73 Å². The second-order valence-electron chi connectivity index (χ2n) is 7.38. The summed E-state index contributed by atoms with van der Waals surface area (Å²) in [6.07, 6.45) is 0.338. The van der Waals surface area contributed by atoms with Gasteiger partial charge in [0.15, 0.2) is 0 Å². The lowest BCUT2D eigenvalue weighted by Gasteiger charge is -2.21. The third kappa shape index (κ3) is 5.33. The molecule has 30 heavy (non-hydrogen) atoms. The highest BCUT2D eigenvalue weighted by atomic mass is 16.4. The Morgan fingerprint density at radius 3 is 1.43 bits per heavy atom. The maximum absolute atomic E-state index is 11.9. The minimum atomic E-state index is -1.10. The fraction of sp³-hybridized carbons (Fsp3) is 0.200. The number of hydrogen-bond acceptors (Lipinski definition) is 3. The number of nitrogens with two attached hydrogens (primary N) is 1. The van der Waals surface area contributed by atoms with Crippen molar-refractivity contribution in [3.8, 4) is 11.1 Å². The Bertz CT molecular complexity index is 982. The van der Waals surface area contributed by atoms with Gasteiger partial charge in [-0.3, -0.25) is 9.59 Å². The average molecular weight is 403 g/mol. The molecule has 0 saturated carbocycles. The van der Waals surface area contributed by atoms with Crippen LogP contribution in [-0.4, -0.2) is 22.2 Å². The standard InChI is InChI=1S/C25H25NO4/c26-16-19-8-12-21(13-9-19)20-10-6-18(7-11-20)15-23(25(29)30)22(24(27)28)14-17-4-2-1-3-5-17/h1-13,22-23H,14-16,26H2,(H,27,28)(H,29,30)/t22-,23-/m0/s1. The number of hydrogen-bond donors (Lipinski definition) is 3. The van der Waals surface area contributed by atoms with E-state index in [9.17, 15) is 19.8 Å². The monoisotopic (exact) mass is 403 g/mol. The van der Waals surface area contributed by atoms with Gasteiger partial charge in [0.25, 0.3) is 0 Å². The quantitative estimate of drug-likeness (QED) is 0.501. The van der Waals surface area contributed by atoms with E-state index in [0.717, 1.165) is 27.8 Å². The lowest BCUT2D eigenvalue weighted by Crippen LogP contribution is -2.33. The van der Waals surface area contributed by atoms with E-state index in [1.807, 2.05) is 78.9 Å². The summed E-state index contributed by atoms with van der Waals surface area (Å²) in [5.41, 5.74) is 10.3. The van der Waals surface area contributed by atoms with Gasteiger partial charge in [0.2, 0.25) is 0 Å². The Kier molecular flexibility index (Phi) is 6.99. The number of carbonyl (C=O) groups is 2. The number of carboxylic acid groups (broad SMARTS) is 2. The zero-order valence-electron chi connectivity index (χ0n) is 16.6. The molecule has 0 radical (unpaired) electrons. The fourth-order valence-electron chi connectivity index (χ4n) is 3.59. The van der Waals surface area contributed by atoms with Crippen molar-refractivity contribution in [1.29, 1.82) is 0 Å². The summed E-state index contributed by atoms with van der Waals surface area (Å²) in [6.45, 7) is 0.490. The van der Waals surface area contributed by atoms with Gasteiger partial charge < -0.3 is 15.9 Å². The second-order valence-corrected chi connectivity index (χ2v) is 7.38. The second kappa shape index (κ2) is 9.85. The van der Waals surface area contributed by atoms with Crippen LogP contribution in [0.5, 0.6) is 0 Å². The van der Waals surface area contributed by atoms with Crippen LogP contribution in [0.15, 0.2) is 78.9 Å². The van der Waals surface area contributed by atoms with E-state index >= 15 is 0 Å². The lowest BCUT2D eigenvalue weighted by molar-refractivity contribution is -0.153. The molecular weight excluding hydrogens is 378 g/mol.